The average Bonchev–Trinajstić information content (AvgIpc) is 2.61. The molecule has 0 unspecified atom stereocenters. The number of hydrogen-bond acceptors (Lipinski definition) is 2. The Morgan fingerprint density at radius 3 is 2.27 bits per heavy atom. The Hall–Kier alpha value is -1.55. The zero-order valence-corrected chi connectivity index (χ0v) is 16.3. The molecule has 0 spiro atoms. The molecule has 4 bridgehead atoms. The lowest BCUT2D eigenvalue weighted by atomic mass is 9.48. The number of para-hydroxylation sites is 2. The number of hydrogen-bond donors (Lipinski definition) is 2. The Balaban J connectivity index is 1.40. The van der Waals surface area contributed by atoms with Gasteiger partial charge in [0.25, 0.3) is 5.91 Å². The van der Waals surface area contributed by atoms with E-state index < -0.39 is 0 Å². The van der Waals surface area contributed by atoms with Crippen LogP contribution in [0.25, 0.3) is 0 Å². The number of nitrogens with two attached hydrogens (primary N) is 1. The van der Waals surface area contributed by atoms with Crippen LogP contribution in [-0.2, 0) is 4.79 Å². The third-order valence-electron chi connectivity index (χ3n) is 7.41. The molecule has 0 aromatic heterocycles. The first-order chi connectivity index (χ1) is 12.5. The molecule has 4 aliphatic carbocycles. The lowest BCUT2D eigenvalue weighted by molar-refractivity contribution is -0.718. The summed E-state index contributed by atoms with van der Waals surface area (Å²) in [4.78, 5) is 12.7. The van der Waals surface area contributed by atoms with Gasteiger partial charge in [0.1, 0.15) is 5.75 Å². The molecule has 0 aliphatic heterocycles. The van der Waals surface area contributed by atoms with Crippen LogP contribution in [0.2, 0.25) is 0 Å². The molecule has 4 aliphatic rings. The zero-order chi connectivity index (χ0) is 18.3. The maximum Gasteiger partial charge on any atom is 0.282 e. The number of methoxy groups -OCH3 is 1. The predicted octanol–water partition coefficient (Wildman–Crippen LogP) is 3.19. The van der Waals surface area contributed by atoms with Crippen LogP contribution in [0.1, 0.15) is 52.4 Å². The van der Waals surface area contributed by atoms with Gasteiger partial charge in [-0.15, -0.1) is 0 Å². The quantitative estimate of drug-likeness (QED) is 0.821. The normalized spacial score (nSPS) is 34.3. The number of rotatable bonds is 6. The largest absolute Gasteiger partial charge is 0.495 e. The van der Waals surface area contributed by atoms with Gasteiger partial charge in [-0.2, -0.15) is 0 Å². The van der Waals surface area contributed by atoms with E-state index in [1.54, 1.807) is 7.11 Å². The van der Waals surface area contributed by atoms with E-state index >= 15 is 0 Å². The summed E-state index contributed by atoms with van der Waals surface area (Å²) in [7, 11) is 1.63. The van der Waals surface area contributed by atoms with Crippen molar-refractivity contribution in [3.8, 4) is 5.75 Å². The smallest absolute Gasteiger partial charge is 0.282 e. The molecular formula is C22H33N2O2+. The van der Waals surface area contributed by atoms with Gasteiger partial charge in [0, 0.05) is 5.41 Å². The van der Waals surface area contributed by atoms with E-state index in [0.29, 0.717) is 17.2 Å². The van der Waals surface area contributed by atoms with Crippen molar-refractivity contribution >= 4 is 11.6 Å². The number of carbonyl (C=O) groups excluding carboxylic acids is 1. The summed E-state index contributed by atoms with van der Waals surface area (Å²) in [5.41, 5.74) is 1.22. The number of nitrogens with one attached hydrogen (secondary N) is 1. The molecule has 4 fully saturated rings. The van der Waals surface area contributed by atoms with Crippen molar-refractivity contribution < 1.29 is 14.8 Å². The molecular weight excluding hydrogens is 324 g/mol. The fraction of sp³-hybridized carbons (Fsp3) is 0.682. The average molecular weight is 358 g/mol. The first kappa shape index (κ1) is 17.8. The third-order valence-corrected chi connectivity index (χ3v) is 7.41. The van der Waals surface area contributed by atoms with Crippen LogP contribution in [0.5, 0.6) is 5.75 Å². The Bertz CT molecular complexity index is 637. The molecule has 26 heavy (non-hydrogen) atoms. The highest BCUT2D eigenvalue weighted by Crippen LogP contribution is 2.60. The van der Waals surface area contributed by atoms with Gasteiger partial charge in [-0.05, 0) is 82.3 Å². The highest BCUT2D eigenvalue weighted by atomic mass is 16.5. The van der Waals surface area contributed by atoms with Crippen LogP contribution in [-0.4, -0.2) is 25.1 Å². The van der Waals surface area contributed by atoms with E-state index in [1.165, 1.54) is 38.5 Å². The summed E-state index contributed by atoms with van der Waals surface area (Å²) in [5.74, 6) is 3.63. The Morgan fingerprint density at radius 2 is 1.69 bits per heavy atom. The van der Waals surface area contributed by atoms with E-state index in [-0.39, 0.29) is 11.9 Å². The Kier molecular flexibility index (Phi) is 4.72. The second-order valence-corrected chi connectivity index (χ2v) is 9.24. The fourth-order valence-electron chi connectivity index (χ4n) is 6.45. The fourth-order valence-corrected chi connectivity index (χ4v) is 6.45. The van der Waals surface area contributed by atoms with Crippen molar-refractivity contribution in [1.82, 2.24) is 0 Å². The van der Waals surface area contributed by atoms with Gasteiger partial charge < -0.3 is 15.4 Å². The molecule has 4 heteroatoms. The molecule has 0 heterocycles. The van der Waals surface area contributed by atoms with Crippen molar-refractivity contribution in [3.05, 3.63) is 24.3 Å². The third kappa shape index (κ3) is 3.24. The van der Waals surface area contributed by atoms with Crippen molar-refractivity contribution in [2.75, 3.05) is 12.4 Å². The van der Waals surface area contributed by atoms with Crippen LogP contribution < -0.4 is 15.4 Å². The molecule has 5 rings (SSSR count). The maximum absolute atomic E-state index is 12.7. The Morgan fingerprint density at radius 1 is 1.12 bits per heavy atom. The topological polar surface area (TPSA) is 54.9 Å². The van der Waals surface area contributed by atoms with Gasteiger partial charge in [0.05, 0.1) is 18.8 Å². The van der Waals surface area contributed by atoms with Gasteiger partial charge in [0.2, 0.25) is 0 Å². The number of benzene rings is 1. The molecule has 142 valence electrons. The van der Waals surface area contributed by atoms with Crippen molar-refractivity contribution in [2.24, 2.45) is 23.2 Å². The molecule has 1 aromatic carbocycles. The number of carbonyl (C=O) groups is 1. The highest BCUT2D eigenvalue weighted by molar-refractivity contribution is 5.94. The van der Waals surface area contributed by atoms with E-state index in [2.05, 4.69) is 17.6 Å². The summed E-state index contributed by atoms with van der Waals surface area (Å²) >= 11 is 0. The lowest BCUT2D eigenvalue weighted by Crippen LogP contribution is -2.98. The number of anilines is 1. The van der Waals surface area contributed by atoms with Gasteiger partial charge in [-0.3, -0.25) is 4.79 Å². The number of quaternary nitrogens is 1. The summed E-state index contributed by atoms with van der Waals surface area (Å²) in [6, 6.07) is 8.02. The van der Waals surface area contributed by atoms with Gasteiger partial charge in [0.15, 0.2) is 6.04 Å². The van der Waals surface area contributed by atoms with Crippen molar-refractivity contribution in [3.63, 3.8) is 0 Å². The molecule has 0 saturated heterocycles. The SMILES string of the molecule is COc1ccccc1NC(=O)[C@H](C)[NH2+][C@@H](C)C12CC3CC(CC(C3)C1)C2. The van der Waals surface area contributed by atoms with Crippen LogP contribution in [0.4, 0.5) is 5.69 Å². The second kappa shape index (κ2) is 6.88. The van der Waals surface area contributed by atoms with Gasteiger partial charge >= 0.3 is 0 Å². The minimum absolute atomic E-state index is 0.0612. The van der Waals surface area contributed by atoms with E-state index in [0.717, 1.165) is 23.4 Å². The first-order valence-electron chi connectivity index (χ1n) is 10.3. The summed E-state index contributed by atoms with van der Waals surface area (Å²) in [6.07, 6.45) is 8.56. The molecule has 2 atom stereocenters. The van der Waals surface area contributed by atoms with E-state index in [1.807, 2.05) is 31.2 Å². The maximum atomic E-state index is 12.7. The van der Waals surface area contributed by atoms with Gasteiger partial charge in [-0.1, -0.05) is 12.1 Å². The van der Waals surface area contributed by atoms with Gasteiger partial charge in [-0.25, -0.2) is 0 Å². The monoisotopic (exact) mass is 357 g/mol. The molecule has 1 aromatic rings. The van der Waals surface area contributed by atoms with Crippen molar-refractivity contribution in [1.29, 1.82) is 0 Å². The van der Waals surface area contributed by atoms with E-state index in [9.17, 15) is 4.79 Å². The van der Waals surface area contributed by atoms with Crippen LogP contribution in [0.3, 0.4) is 0 Å². The lowest BCUT2D eigenvalue weighted by Gasteiger charge is -2.58. The summed E-state index contributed by atoms with van der Waals surface area (Å²) < 4.78 is 5.35. The second-order valence-electron chi connectivity index (χ2n) is 9.24. The van der Waals surface area contributed by atoms with Crippen LogP contribution in [0, 0.1) is 23.2 Å². The number of ether oxygens (including phenoxy) is 1. The molecule has 4 nitrogen and oxygen atoms in total. The predicted molar refractivity (Wildman–Crippen MR) is 103 cm³/mol. The van der Waals surface area contributed by atoms with Crippen LogP contribution in [0.15, 0.2) is 24.3 Å². The molecule has 3 N–H and O–H groups in total. The molecule has 1 amide bonds. The minimum Gasteiger partial charge on any atom is -0.495 e. The standard InChI is InChI=1S/C22H32N2O2/c1-14(21(25)24-19-6-4-5-7-20(19)26-3)23-15(2)22-11-16-8-17(12-22)10-18(9-16)13-22/h4-7,14-18,23H,8-13H2,1-3H3,(H,24,25)/p+1/t14-,15-,16?,17?,18?,22?/m0/s1. The van der Waals surface area contributed by atoms with Crippen molar-refractivity contribution in [2.45, 2.75) is 64.5 Å². The summed E-state index contributed by atoms with van der Waals surface area (Å²) in [6.45, 7) is 4.39. The Labute approximate surface area is 157 Å². The minimum atomic E-state index is -0.0945. The number of amides is 1. The molecule has 0 radical (unpaired) electrons. The van der Waals surface area contributed by atoms with E-state index in [4.69, 9.17) is 4.74 Å². The molecule has 4 saturated carbocycles. The highest BCUT2D eigenvalue weighted by Gasteiger charge is 2.54. The summed E-state index contributed by atoms with van der Waals surface area (Å²) in [5, 5.41) is 5.36. The zero-order valence-electron chi connectivity index (χ0n) is 16.3. The first-order valence-corrected chi connectivity index (χ1v) is 10.3. The van der Waals surface area contributed by atoms with Crippen LogP contribution >= 0.6 is 0 Å².